The van der Waals surface area contributed by atoms with Crippen LogP contribution in [0.5, 0.6) is 0 Å². The molecule has 1 aromatic rings. The average molecular weight is 279 g/mol. The van der Waals surface area contributed by atoms with E-state index in [9.17, 15) is 0 Å². The normalized spacial score (nSPS) is 21.0. The Hall–Kier alpha value is -0.910. The predicted molar refractivity (Wildman–Crippen MR) is 82.1 cm³/mol. The summed E-state index contributed by atoms with van der Waals surface area (Å²) in [6, 6.07) is 0.121. The van der Waals surface area contributed by atoms with Crippen LogP contribution in [0, 0.1) is 0 Å². The molecule has 1 aliphatic heterocycles. The molecule has 0 aliphatic carbocycles. The van der Waals surface area contributed by atoms with Gasteiger partial charge in [0.15, 0.2) is 0 Å². The highest BCUT2D eigenvalue weighted by molar-refractivity contribution is 5.17. The van der Waals surface area contributed by atoms with Crippen LogP contribution >= 0.6 is 0 Å². The third-order valence-corrected chi connectivity index (χ3v) is 4.77. The summed E-state index contributed by atoms with van der Waals surface area (Å²) in [5.74, 6) is 5.90. The zero-order valence-electron chi connectivity index (χ0n) is 13.1. The quantitative estimate of drug-likeness (QED) is 0.592. The maximum atomic E-state index is 5.90. The highest BCUT2D eigenvalue weighted by atomic mass is 15.3. The molecule has 2 unspecified atom stereocenters. The molecule has 3 N–H and O–H groups in total. The summed E-state index contributed by atoms with van der Waals surface area (Å²) in [6.07, 6.45) is 8.85. The minimum atomic E-state index is 0.0470. The fourth-order valence-corrected chi connectivity index (χ4v) is 3.35. The fraction of sp³-hybridized carbons (Fsp3) is 0.800. The lowest BCUT2D eigenvalue weighted by atomic mass is 9.84. The van der Waals surface area contributed by atoms with Crippen LogP contribution in [0.2, 0.25) is 0 Å². The minimum Gasteiger partial charge on any atom is -0.296 e. The molecule has 1 aromatic heterocycles. The number of nitrogens with one attached hydrogen (secondary N) is 1. The van der Waals surface area contributed by atoms with Crippen molar-refractivity contribution in [2.45, 2.75) is 64.6 Å². The van der Waals surface area contributed by atoms with Crippen LogP contribution in [0.25, 0.3) is 0 Å². The number of nitrogens with zero attached hydrogens (tertiary/aromatic N) is 3. The molecule has 0 radical (unpaired) electrons. The number of hydrazine groups is 1. The van der Waals surface area contributed by atoms with Gasteiger partial charge >= 0.3 is 0 Å². The van der Waals surface area contributed by atoms with E-state index in [1.807, 2.05) is 10.9 Å². The van der Waals surface area contributed by atoms with Crippen LogP contribution in [0.3, 0.4) is 0 Å². The van der Waals surface area contributed by atoms with E-state index in [1.54, 1.807) is 0 Å². The molecule has 0 saturated carbocycles. The summed E-state index contributed by atoms with van der Waals surface area (Å²) in [4.78, 5) is 2.58. The van der Waals surface area contributed by atoms with Gasteiger partial charge < -0.3 is 0 Å². The maximum Gasteiger partial charge on any atom is 0.0671 e. The lowest BCUT2D eigenvalue weighted by Crippen LogP contribution is -2.54. The van der Waals surface area contributed by atoms with Crippen molar-refractivity contribution < 1.29 is 0 Å². The van der Waals surface area contributed by atoms with Gasteiger partial charge in [-0.1, -0.05) is 13.8 Å². The van der Waals surface area contributed by atoms with Gasteiger partial charge in [0.05, 0.1) is 12.2 Å². The Morgan fingerprint density at radius 3 is 2.65 bits per heavy atom. The summed E-state index contributed by atoms with van der Waals surface area (Å²) in [6.45, 7) is 10.0. The van der Waals surface area contributed by atoms with E-state index < -0.39 is 0 Å². The molecular formula is C15H29N5. The zero-order valence-corrected chi connectivity index (χ0v) is 13.1. The fourth-order valence-electron chi connectivity index (χ4n) is 3.35. The zero-order chi connectivity index (χ0) is 14.6. The number of aromatic nitrogens is 2. The predicted octanol–water partition coefficient (Wildman–Crippen LogP) is 2.06. The molecule has 2 heterocycles. The van der Waals surface area contributed by atoms with E-state index in [1.165, 1.54) is 31.5 Å². The molecule has 0 spiro atoms. The Morgan fingerprint density at radius 1 is 1.40 bits per heavy atom. The van der Waals surface area contributed by atoms with Gasteiger partial charge in [-0.3, -0.25) is 20.9 Å². The molecule has 0 aromatic carbocycles. The topological polar surface area (TPSA) is 59.1 Å². The highest BCUT2D eigenvalue weighted by Crippen LogP contribution is 2.35. The number of nitrogens with two attached hydrogens (primary N) is 1. The van der Waals surface area contributed by atoms with E-state index in [-0.39, 0.29) is 11.6 Å². The summed E-state index contributed by atoms with van der Waals surface area (Å²) < 4.78 is 2.01. The van der Waals surface area contributed by atoms with Gasteiger partial charge in [0.1, 0.15) is 0 Å². The summed E-state index contributed by atoms with van der Waals surface area (Å²) in [5.41, 5.74) is 4.29. The van der Waals surface area contributed by atoms with Crippen molar-refractivity contribution in [2.24, 2.45) is 5.84 Å². The smallest absolute Gasteiger partial charge is 0.0671 e. The second-order valence-corrected chi connectivity index (χ2v) is 6.04. The Kier molecular flexibility index (Phi) is 5.18. The Bertz CT molecular complexity index is 410. The lowest BCUT2D eigenvalue weighted by molar-refractivity contribution is 0.0840. The molecule has 2 rings (SSSR count). The molecule has 0 bridgehead atoms. The largest absolute Gasteiger partial charge is 0.296 e. The first-order valence-corrected chi connectivity index (χ1v) is 7.89. The number of hydrogen-bond donors (Lipinski definition) is 2. The van der Waals surface area contributed by atoms with Gasteiger partial charge in [0.25, 0.3) is 0 Å². The minimum absolute atomic E-state index is 0.0470. The van der Waals surface area contributed by atoms with Crippen LogP contribution in [0.4, 0.5) is 0 Å². The molecule has 1 aliphatic rings. The van der Waals surface area contributed by atoms with E-state index in [2.05, 4.69) is 42.4 Å². The average Bonchev–Trinajstić information content (AvgIpc) is 3.11. The van der Waals surface area contributed by atoms with Crippen LogP contribution in [0.1, 0.15) is 58.1 Å². The second kappa shape index (κ2) is 6.70. The van der Waals surface area contributed by atoms with Crippen molar-refractivity contribution in [1.29, 1.82) is 0 Å². The summed E-state index contributed by atoms with van der Waals surface area (Å²) in [5, 5.41) is 4.45. The Labute approximate surface area is 122 Å². The van der Waals surface area contributed by atoms with Crippen LogP contribution < -0.4 is 11.3 Å². The van der Waals surface area contributed by atoms with Crippen molar-refractivity contribution in [1.82, 2.24) is 20.1 Å². The van der Waals surface area contributed by atoms with E-state index in [0.717, 1.165) is 19.4 Å². The van der Waals surface area contributed by atoms with Gasteiger partial charge in [-0.2, -0.15) is 5.10 Å². The van der Waals surface area contributed by atoms with Crippen molar-refractivity contribution in [3.8, 4) is 0 Å². The number of hydrogen-bond acceptors (Lipinski definition) is 4. The lowest BCUT2D eigenvalue weighted by Gasteiger charge is -2.44. The first-order valence-electron chi connectivity index (χ1n) is 7.89. The SMILES string of the molecule is CCCn1cc(C(NN)C(C)(CC)N2CCCC2)cn1. The van der Waals surface area contributed by atoms with Gasteiger partial charge in [-0.25, -0.2) is 0 Å². The third kappa shape index (κ3) is 2.90. The van der Waals surface area contributed by atoms with Gasteiger partial charge in [0, 0.05) is 23.8 Å². The van der Waals surface area contributed by atoms with E-state index in [4.69, 9.17) is 5.84 Å². The molecule has 0 amide bonds. The summed E-state index contributed by atoms with van der Waals surface area (Å²) in [7, 11) is 0. The first-order chi connectivity index (χ1) is 9.65. The molecule has 114 valence electrons. The number of rotatable bonds is 7. The van der Waals surface area contributed by atoms with Gasteiger partial charge in [-0.15, -0.1) is 0 Å². The monoisotopic (exact) mass is 279 g/mol. The van der Waals surface area contributed by atoms with Crippen molar-refractivity contribution in [3.63, 3.8) is 0 Å². The van der Waals surface area contributed by atoms with Crippen molar-refractivity contribution >= 4 is 0 Å². The Morgan fingerprint density at radius 2 is 2.10 bits per heavy atom. The van der Waals surface area contributed by atoms with Gasteiger partial charge in [0.2, 0.25) is 0 Å². The number of aryl methyl sites for hydroxylation is 1. The van der Waals surface area contributed by atoms with Crippen LogP contribution in [-0.4, -0.2) is 33.3 Å². The second-order valence-electron chi connectivity index (χ2n) is 6.04. The molecule has 5 heteroatoms. The standard InChI is InChI=1S/C15H29N5/c1-4-8-20-12-13(11-17-20)14(18-16)15(3,5-2)19-9-6-7-10-19/h11-12,14,18H,4-10,16H2,1-3H3. The summed E-state index contributed by atoms with van der Waals surface area (Å²) >= 11 is 0. The Balaban J connectivity index is 2.23. The van der Waals surface area contributed by atoms with Crippen molar-refractivity contribution in [3.05, 3.63) is 18.0 Å². The van der Waals surface area contributed by atoms with E-state index >= 15 is 0 Å². The van der Waals surface area contributed by atoms with E-state index in [0.29, 0.717) is 0 Å². The highest BCUT2D eigenvalue weighted by Gasteiger charge is 2.40. The maximum absolute atomic E-state index is 5.90. The molecule has 1 saturated heterocycles. The number of likely N-dealkylation sites (tertiary alicyclic amines) is 1. The third-order valence-electron chi connectivity index (χ3n) is 4.77. The molecule has 5 nitrogen and oxygen atoms in total. The molecule has 2 atom stereocenters. The van der Waals surface area contributed by atoms with Gasteiger partial charge in [-0.05, 0) is 45.7 Å². The van der Waals surface area contributed by atoms with Crippen LogP contribution in [-0.2, 0) is 6.54 Å². The molecule has 1 fully saturated rings. The first kappa shape index (κ1) is 15.5. The molecule has 20 heavy (non-hydrogen) atoms. The van der Waals surface area contributed by atoms with Crippen LogP contribution in [0.15, 0.2) is 12.4 Å². The van der Waals surface area contributed by atoms with Crippen molar-refractivity contribution in [2.75, 3.05) is 13.1 Å². The molecular weight excluding hydrogens is 250 g/mol.